The quantitative estimate of drug-likeness (QED) is 0.586. The Morgan fingerprint density at radius 3 is 2.79 bits per heavy atom. The van der Waals surface area contributed by atoms with E-state index in [1.54, 1.807) is 20.0 Å². The van der Waals surface area contributed by atoms with Gasteiger partial charge in [0.05, 0.1) is 22.3 Å². The Hall–Kier alpha value is -3.29. The van der Waals surface area contributed by atoms with E-state index >= 15 is 0 Å². The maximum Gasteiger partial charge on any atom is 0.312 e. The Morgan fingerprint density at radius 1 is 1.33 bits per heavy atom. The van der Waals surface area contributed by atoms with E-state index in [0.29, 0.717) is 11.4 Å². The summed E-state index contributed by atoms with van der Waals surface area (Å²) in [4.78, 5) is 27.0. The lowest BCUT2D eigenvalue weighted by Gasteiger charge is -2.07. The van der Waals surface area contributed by atoms with Crippen LogP contribution in [0.5, 0.6) is 0 Å². The first kappa shape index (κ1) is 15.6. The van der Waals surface area contributed by atoms with Crippen molar-refractivity contribution in [3.63, 3.8) is 0 Å². The minimum Gasteiger partial charge on any atom is -0.323 e. The number of benzene rings is 1. The summed E-state index contributed by atoms with van der Waals surface area (Å²) in [7, 11) is 0. The van der Waals surface area contributed by atoms with Crippen molar-refractivity contribution in [1.29, 1.82) is 0 Å². The molecule has 3 rings (SSSR count). The van der Waals surface area contributed by atoms with Crippen LogP contribution in [0.4, 0.5) is 11.4 Å². The van der Waals surface area contributed by atoms with E-state index < -0.39 is 4.92 Å². The molecule has 2 aromatic heterocycles. The monoisotopic (exact) mass is 325 g/mol. The number of carbonyl (C=O) groups excluding carboxylic acids is 1. The van der Waals surface area contributed by atoms with Gasteiger partial charge in [-0.1, -0.05) is 18.2 Å². The van der Waals surface area contributed by atoms with Crippen LogP contribution in [0.3, 0.4) is 0 Å². The highest BCUT2D eigenvalue weighted by Gasteiger charge is 2.22. The standard InChI is InChI=1S/C16H15N5O3/c1-10-16(21(23)24)11(2)20(19-10)9-15(22)18-13-7-12-5-3-4-6-14(12)17-8-13/h3-8H,9H2,1-2H3,(H,18,22). The number of pyridine rings is 1. The molecule has 0 aliphatic heterocycles. The molecule has 3 aromatic rings. The van der Waals surface area contributed by atoms with Crippen LogP contribution < -0.4 is 5.32 Å². The Kier molecular flexibility index (Phi) is 3.95. The van der Waals surface area contributed by atoms with Crippen LogP contribution in [-0.4, -0.2) is 25.6 Å². The number of nitrogens with one attached hydrogen (secondary N) is 1. The number of carbonyl (C=O) groups is 1. The number of aryl methyl sites for hydroxylation is 1. The molecule has 8 nitrogen and oxygen atoms in total. The molecule has 0 unspecified atom stereocenters. The van der Waals surface area contributed by atoms with Crippen molar-refractivity contribution in [2.45, 2.75) is 20.4 Å². The number of nitro groups is 1. The number of fused-ring (bicyclic) bond motifs is 1. The lowest BCUT2D eigenvalue weighted by Crippen LogP contribution is -2.20. The van der Waals surface area contributed by atoms with Crippen LogP contribution in [0.25, 0.3) is 10.9 Å². The molecule has 2 heterocycles. The molecule has 0 bridgehead atoms. The maximum absolute atomic E-state index is 12.2. The van der Waals surface area contributed by atoms with Gasteiger partial charge in [-0.2, -0.15) is 5.10 Å². The molecule has 24 heavy (non-hydrogen) atoms. The molecule has 0 radical (unpaired) electrons. The number of rotatable bonds is 4. The van der Waals surface area contributed by atoms with Gasteiger partial charge >= 0.3 is 5.69 Å². The molecule has 0 aliphatic carbocycles. The average molecular weight is 325 g/mol. The molecule has 0 fully saturated rings. The van der Waals surface area contributed by atoms with E-state index in [0.717, 1.165) is 10.9 Å². The summed E-state index contributed by atoms with van der Waals surface area (Å²) < 4.78 is 1.33. The fourth-order valence-corrected chi connectivity index (χ4v) is 2.58. The minimum atomic E-state index is -0.487. The molecule has 1 amide bonds. The zero-order valence-electron chi connectivity index (χ0n) is 13.2. The zero-order chi connectivity index (χ0) is 17.3. The fourth-order valence-electron chi connectivity index (χ4n) is 2.58. The third kappa shape index (κ3) is 2.94. The lowest BCUT2D eigenvalue weighted by molar-refractivity contribution is -0.386. The summed E-state index contributed by atoms with van der Waals surface area (Å²) in [5, 5.41) is 18.7. The Balaban J connectivity index is 1.78. The molecule has 8 heteroatoms. The number of nitrogens with zero attached hydrogens (tertiary/aromatic N) is 4. The van der Waals surface area contributed by atoms with Crippen molar-refractivity contribution in [3.8, 4) is 0 Å². The summed E-state index contributed by atoms with van der Waals surface area (Å²) in [5.41, 5.74) is 1.98. The van der Waals surface area contributed by atoms with Gasteiger partial charge in [0.15, 0.2) is 0 Å². The van der Waals surface area contributed by atoms with Gasteiger partial charge < -0.3 is 5.32 Å². The highest BCUT2D eigenvalue weighted by atomic mass is 16.6. The zero-order valence-corrected chi connectivity index (χ0v) is 13.2. The predicted octanol–water partition coefficient (Wildman–Crippen LogP) is 2.60. The second-order valence-corrected chi connectivity index (χ2v) is 5.40. The van der Waals surface area contributed by atoms with Crippen LogP contribution in [0.2, 0.25) is 0 Å². The van der Waals surface area contributed by atoms with E-state index in [1.807, 2.05) is 30.3 Å². The van der Waals surface area contributed by atoms with Crippen LogP contribution >= 0.6 is 0 Å². The number of para-hydroxylation sites is 1. The second-order valence-electron chi connectivity index (χ2n) is 5.40. The molecule has 0 aliphatic rings. The van der Waals surface area contributed by atoms with Crippen molar-refractivity contribution in [2.75, 3.05) is 5.32 Å². The molecule has 0 saturated carbocycles. The molecule has 122 valence electrons. The van der Waals surface area contributed by atoms with Crippen molar-refractivity contribution in [1.82, 2.24) is 14.8 Å². The predicted molar refractivity (Wildman–Crippen MR) is 88.7 cm³/mol. The SMILES string of the molecule is Cc1nn(CC(=O)Nc2cnc3ccccc3c2)c(C)c1[N+](=O)[O-]. The fraction of sp³-hybridized carbons (Fsp3) is 0.188. The lowest BCUT2D eigenvalue weighted by atomic mass is 10.2. The van der Waals surface area contributed by atoms with Crippen LogP contribution in [-0.2, 0) is 11.3 Å². The molecular formula is C16H15N5O3. The summed E-state index contributed by atoms with van der Waals surface area (Å²) >= 11 is 0. The topological polar surface area (TPSA) is 103 Å². The van der Waals surface area contributed by atoms with Gasteiger partial charge in [-0.3, -0.25) is 24.6 Å². The van der Waals surface area contributed by atoms with Crippen molar-refractivity contribution in [2.24, 2.45) is 0 Å². The first-order valence-corrected chi connectivity index (χ1v) is 7.29. The summed E-state index contributed by atoms with van der Waals surface area (Å²) in [6, 6.07) is 9.40. The van der Waals surface area contributed by atoms with Crippen LogP contribution in [0.1, 0.15) is 11.4 Å². The molecular weight excluding hydrogens is 310 g/mol. The number of hydrogen-bond acceptors (Lipinski definition) is 5. The minimum absolute atomic E-state index is 0.0600. The van der Waals surface area contributed by atoms with E-state index in [-0.39, 0.29) is 23.8 Å². The third-order valence-electron chi connectivity index (χ3n) is 3.69. The number of aromatic nitrogens is 3. The van der Waals surface area contributed by atoms with Gasteiger partial charge in [0.25, 0.3) is 0 Å². The highest BCUT2D eigenvalue weighted by Crippen LogP contribution is 2.22. The van der Waals surface area contributed by atoms with Crippen molar-refractivity contribution in [3.05, 3.63) is 58.0 Å². The van der Waals surface area contributed by atoms with Crippen LogP contribution in [0.15, 0.2) is 36.5 Å². The molecule has 0 spiro atoms. The molecule has 1 N–H and O–H groups in total. The number of hydrogen-bond donors (Lipinski definition) is 1. The Morgan fingerprint density at radius 2 is 2.08 bits per heavy atom. The Bertz CT molecular complexity index is 948. The van der Waals surface area contributed by atoms with Gasteiger partial charge in [-0.15, -0.1) is 0 Å². The second kappa shape index (κ2) is 6.07. The number of amides is 1. The van der Waals surface area contributed by atoms with E-state index in [4.69, 9.17) is 0 Å². The number of anilines is 1. The van der Waals surface area contributed by atoms with E-state index in [2.05, 4.69) is 15.4 Å². The third-order valence-corrected chi connectivity index (χ3v) is 3.69. The summed E-state index contributed by atoms with van der Waals surface area (Å²) in [5.74, 6) is -0.326. The van der Waals surface area contributed by atoms with Gasteiger partial charge in [0, 0.05) is 5.39 Å². The molecule has 0 atom stereocenters. The normalized spacial score (nSPS) is 10.8. The first-order chi connectivity index (χ1) is 11.5. The van der Waals surface area contributed by atoms with E-state index in [9.17, 15) is 14.9 Å². The molecule has 0 saturated heterocycles. The first-order valence-electron chi connectivity index (χ1n) is 7.29. The highest BCUT2D eigenvalue weighted by molar-refractivity contribution is 5.93. The molecule has 1 aromatic carbocycles. The van der Waals surface area contributed by atoms with Gasteiger partial charge in [0.2, 0.25) is 5.91 Å². The Labute approximate surface area is 137 Å². The van der Waals surface area contributed by atoms with Crippen molar-refractivity contribution >= 4 is 28.2 Å². The summed E-state index contributed by atoms with van der Waals surface area (Å²) in [6.45, 7) is 3.02. The smallest absolute Gasteiger partial charge is 0.312 e. The van der Waals surface area contributed by atoms with Crippen molar-refractivity contribution < 1.29 is 9.72 Å². The average Bonchev–Trinajstić information content (AvgIpc) is 2.81. The van der Waals surface area contributed by atoms with Gasteiger partial charge in [-0.05, 0) is 26.0 Å². The largest absolute Gasteiger partial charge is 0.323 e. The van der Waals surface area contributed by atoms with Crippen LogP contribution in [0, 0.1) is 24.0 Å². The van der Waals surface area contributed by atoms with Gasteiger partial charge in [0.1, 0.15) is 17.9 Å². The summed E-state index contributed by atoms with van der Waals surface area (Å²) in [6.07, 6.45) is 1.57. The van der Waals surface area contributed by atoms with Gasteiger partial charge in [-0.25, -0.2) is 0 Å². The van der Waals surface area contributed by atoms with E-state index in [1.165, 1.54) is 4.68 Å². The maximum atomic E-state index is 12.2.